The van der Waals surface area contributed by atoms with Gasteiger partial charge >= 0.3 is 0 Å². The van der Waals surface area contributed by atoms with Crippen molar-refractivity contribution in [2.75, 3.05) is 11.4 Å². The Hall–Kier alpha value is -7.04. The van der Waals surface area contributed by atoms with Gasteiger partial charge in [0.2, 0.25) is 0 Å². The van der Waals surface area contributed by atoms with Crippen molar-refractivity contribution < 1.29 is 0 Å². The van der Waals surface area contributed by atoms with Gasteiger partial charge in [0.25, 0.3) is 0 Å². The van der Waals surface area contributed by atoms with E-state index in [1.165, 1.54) is 60.4 Å². The molecule has 0 saturated carbocycles. The highest BCUT2D eigenvalue weighted by atomic mass is 15.3. The number of aromatic nitrogens is 3. The lowest BCUT2D eigenvalue weighted by Gasteiger charge is -2.20. The summed E-state index contributed by atoms with van der Waals surface area (Å²) in [6.45, 7) is 5.29. The summed E-state index contributed by atoms with van der Waals surface area (Å²) < 4.78 is 2.39. The van der Waals surface area contributed by atoms with Gasteiger partial charge in [-0.25, -0.2) is 0 Å². The molecule has 4 heterocycles. The molecule has 0 fully saturated rings. The molecule has 11 rings (SSSR count). The van der Waals surface area contributed by atoms with E-state index in [0.29, 0.717) is 6.54 Å². The van der Waals surface area contributed by atoms with E-state index < -0.39 is 0 Å². The van der Waals surface area contributed by atoms with Crippen LogP contribution in [0.25, 0.3) is 89.5 Å². The number of para-hydroxylation sites is 2. The monoisotopic (exact) mass is 676 g/mol. The zero-order valence-corrected chi connectivity index (χ0v) is 28.9. The lowest BCUT2D eigenvalue weighted by molar-refractivity contribution is 0.999. The highest BCUT2D eigenvalue weighted by molar-refractivity contribution is 6.14. The van der Waals surface area contributed by atoms with Gasteiger partial charge in [0.1, 0.15) is 5.69 Å². The van der Waals surface area contributed by atoms with Gasteiger partial charge < -0.3 is 9.30 Å². The largest absolute Gasteiger partial charge is 0.319 e. The molecule has 53 heavy (non-hydrogen) atoms. The quantitative estimate of drug-likeness (QED) is 0.186. The molecule has 0 unspecified atom stereocenters. The fourth-order valence-electron chi connectivity index (χ4n) is 8.60. The summed E-state index contributed by atoms with van der Waals surface area (Å²) in [7, 11) is 0. The number of hydrogen-bond acceptors (Lipinski definition) is 3. The van der Waals surface area contributed by atoms with E-state index in [9.17, 15) is 0 Å². The zero-order chi connectivity index (χ0) is 35.0. The number of anilines is 2. The molecule has 0 N–H and O–H groups in total. The van der Waals surface area contributed by atoms with E-state index in [0.717, 1.165) is 44.3 Å². The van der Waals surface area contributed by atoms with Gasteiger partial charge in [0.15, 0.2) is 5.82 Å². The molecule has 0 saturated heterocycles. The van der Waals surface area contributed by atoms with E-state index in [4.69, 9.17) is 10.2 Å². The summed E-state index contributed by atoms with van der Waals surface area (Å²) in [5, 5.41) is 18.0. The molecule has 4 nitrogen and oxygen atoms in total. The number of nitrogens with zero attached hydrogens (tertiary/aromatic N) is 4. The highest BCUT2D eigenvalue weighted by Gasteiger charge is 2.30. The summed E-state index contributed by atoms with van der Waals surface area (Å²) in [6, 6.07) is 58.2. The van der Waals surface area contributed by atoms with E-state index in [1.54, 1.807) is 0 Å². The molecular formula is C49H32N4. The molecule has 0 atom stereocenters. The maximum atomic E-state index is 5.03. The predicted molar refractivity (Wildman–Crippen MR) is 222 cm³/mol. The average molecular weight is 677 g/mol. The van der Waals surface area contributed by atoms with Gasteiger partial charge in [-0.15, -0.1) is 10.2 Å². The van der Waals surface area contributed by atoms with Crippen LogP contribution in [-0.2, 0) is 0 Å². The first kappa shape index (κ1) is 29.7. The Bertz CT molecular complexity index is 3160. The van der Waals surface area contributed by atoms with Crippen molar-refractivity contribution in [3.8, 4) is 22.4 Å². The molecule has 10 aromatic rings. The molecule has 7 aromatic carbocycles. The second kappa shape index (κ2) is 11.5. The van der Waals surface area contributed by atoms with Gasteiger partial charge in [-0.2, -0.15) is 0 Å². The number of rotatable bonds is 4. The normalized spacial score (nSPS) is 13.7. The van der Waals surface area contributed by atoms with Gasteiger partial charge in [0.05, 0.1) is 28.8 Å². The minimum absolute atomic E-state index is 0.658. The lowest BCUT2D eigenvalue weighted by Crippen LogP contribution is -2.16. The van der Waals surface area contributed by atoms with Crippen LogP contribution in [0, 0.1) is 0 Å². The van der Waals surface area contributed by atoms with E-state index >= 15 is 0 Å². The number of benzene rings is 7. The van der Waals surface area contributed by atoms with Crippen LogP contribution in [0.2, 0.25) is 0 Å². The van der Waals surface area contributed by atoms with Crippen LogP contribution in [0.15, 0.2) is 164 Å². The standard InChI is InChI=1S/C49H32N4/c1-31-37-16-9-11-21-43(37)53-44-22-12-10-18-39(44)42(48(31)53)29-36-30-52(45-28-27-34-15-5-6-17-38(34)46(36)45)49-41-20-8-7-19-40(41)47(50-51-49)35-25-23-33(24-26-35)32-13-3-2-4-14-32/h2-29H,1,30H2/b36-29+. The summed E-state index contributed by atoms with van der Waals surface area (Å²) in [5.74, 6) is 0.856. The van der Waals surface area contributed by atoms with Gasteiger partial charge in [0, 0.05) is 43.5 Å². The molecule has 0 radical (unpaired) electrons. The Kier molecular flexibility index (Phi) is 6.43. The van der Waals surface area contributed by atoms with E-state index in [-0.39, 0.29) is 0 Å². The van der Waals surface area contributed by atoms with Crippen molar-refractivity contribution in [3.63, 3.8) is 0 Å². The van der Waals surface area contributed by atoms with Crippen molar-refractivity contribution in [3.05, 3.63) is 180 Å². The third-order valence-electron chi connectivity index (χ3n) is 11.0. The number of hydrogen-bond donors (Lipinski definition) is 0. The average Bonchev–Trinajstić information content (AvgIpc) is 3.86. The van der Waals surface area contributed by atoms with Gasteiger partial charge in [-0.3, -0.25) is 0 Å². The number of fused-ring (bicyclic) bond motifs is 9. The Balaban J connectivity index is 1.11. The SMILES string of the molecule is C=c1c2ccccc2n2c1c(/C=C1\CN(c3nnc(-c4ccc(-c5ccccc5)cc4)c4ccccc34)c3ccc4ccccc4c31)c1ccccc12. The molecule has 1 aliphatic heterocycles. The molecule has 0 bridgehead atoms. The van der Waals surface area contributed by atoms with Gasteiger partial charge in [-0.1, -0.05) is 152 Å². The Morgan fingerprint density at radius 1 is 0.509 bits per heavy atom. The first-order valence-corrected chi connectivity index (χ1v) is 18.1. The van der Waals surface area contributed by atoms with E-state index in [1.807, 2.05) is 6.07 Å². The predicted octanol–water partition coefficient (Wildman–Crippen LogP) is 11.5. The van der Waals surface area contributed by atoms with E-state index in [2.05, 4.69) is 180 Å². The molecule has 1 aliphatic rings. The zero-order valence-electron chi connectivity index (χ0n) is 28.9. The Labute approximate surface area is 306 Å². The van der Waals surface area contributed by atoms with Crippen molar-refractivity contribution in [1.82, 2.24) is 14.6 Å². The molecule has 248 valence electrons. The molecule has 0 aliphatic carbocycles. The fraction of sp³-hybridized carbons (Fsp3) is 0.0204. The first-order chi connectivity index (χ1) is 26.2. The molecule has 4 heteroatoms. The minimum Gasteiger partial charge on any atom is -0.319 e. The van der Waals surface area contributed by atoms with Crippen LogP contribution < -0.4 is 10.1 Å². The summed E-state index contributed by atoms with van der Waals surface area (Å²) in [5.41, 5.74) is 12.6. The van der Waals surface area contributed by atoms with Crippen molar-refractivity contribution in [2.45, 2.75) is 0 Å². The third-order valence-corrected chi connectivity index (χ3v) is 11.0. The topological polar surface area (TPSA) is 33.4 Å². The Morgan fingerprint density at radius 2 is 1.11 bits per heavy atom. The summed E-state index contributed by atoms with van der Waals surface area (Å²) >= 11 is 0. The first-order valence-electron chi connectivity index (χ1n) is 18.1. The Morgan fingerprint density at radius 3 is 1.91 bits per heavy atom. The van der Waals surface area contributed by atoms with Crippen LogP contribution in [-0.4, -0.2) is 21.1 Å². The third kappa shape index (κ3) is 4.42. The van der Waals surface area contributed by atoms with Crippen molar-refractivity contribution >= 4 is 78.6 Å². The van der Waals surface area contributed by atoms with Gasteiger partial charge in [-0.05, 0) is 51.7 Å². The van der Waals surface area contributed by atoms with Crippen LogP contribution in [0.4, 0.5) is 11.5 Å². The maximum Gasteiger partial charge on any atom is 0.163 e. The van der Waals surface area contributed by atoms with Crippen LogP contribution in [0.5, 0.6) is 0 Å². The van der Waals surface area contributed by atoms with Crippen molar-refractivity contribution in [2.24, 2.45) is 0 Å². The molecular weight excluding hydrogens is 645 g/mol. The highest BCUT2D eigenvalue weighted by Crippen LogP contribution is 2.47. The van der Waals surface area contributed by atoms with Crippen molar-refractivity contribution in [1.29, 1.82) is 0 Å². The summed E-state index contributed by atoms with van der Waals surface area (Å²) in [6.07, 6.45) is 2.41. The second-order valence-corrected chi connectivity index (χ2v) is 13.9. The second-order valence-electron chi connectivity index (χ2n) is 13.9. The lowest BCUT2D eigenvalue weighted by atomic mass is 9.97. The summed E-state index contributed by atoms with van der Waals surface area (Å²) in [4.78, 5) is 2.35. The molecule has 0 spiro atoms. The smallest absolute Gasteiger partial charge is 0.163 e. The fourth-order valence-corrected chi connectivity index (χ4v) is 8.60. The van der Waals surface area contributed by atoms with Crippen LogP contribution in [0.1, 0.15) is 11.1 Å². The minimum atomic E-state index is 0.658. The molecule has 0 amide bonds. The van der Waals surface area contributed by atoms with Crippen LogP contribution in [0.3, 0.4) is 0 Å². The molecule has 3 aromatic heterocycles. The maximum absolute atomic E-state index is 5.03. The van der Waals surface area contributed by atoms with Crippen LogP contribution >= 0.6 is 0 Å².